The number of thiophene rings is 1. The number of anilines is 2. The number of fused-ring (bicyclic) bond motifs is 4. The number of hydrogen-bond acceptors (Lipinski definition) is 5. The average molecular weight is 531 g/mol. The van der Waals surface area contributed by atoms with Crippen molar-refractivity contribution in [3.05, 3.63) is 80.4 Å². The first kappa shape index (κ1) is 24.9. The van der Waals surface area contributed by atoms with Gasteiger partial charge >= 0.3 is 0 Å². The van der Waals surface area contributed by atoms with Gasteiger partial charge in [-0.25, -0.2) is 0 Å². The van der Waals surface area contributed by atoms with E-state index < -0.39 is 0 Å². The lowest BCUT2D eigenvalue weighted by Crippen LogP contribution is -2.47. The van der Waals surface area contributed by atoms with Gasteiger partial charge in [0.2, 0.25) is 0 Å². The number of carbonyl (C=O) groups excluding carboxylic acids is 2. The Kier molecular flexibility index (Phi) is 6.60. The first-order chi connectivity index (χ1) is 18.4. The summed E-state index contributed by atoms with van der Waals surface area (Å²) < 4.78 is 1.93. The summed E-state index contributed by atoms with van der Waals surface area (Å²) in [4.78, 5) is 44.1. The molecule has 0 radical (unpaired) electrons. The second-order valence-electron chi connectivity index (χ2n) is 11.4. The minimum Gasteiger partial charge on any atom is -0.369 e. The lowest BCUT2D eigenvalue weighted by molar-refractivity contribution is 0.0623. The number of amides is 2. The number of rotatable bonds is 4. The molecule has 198 valence electrons. The molecule has 2 fully saturated rings. The van der Waals surface area contributed by atoms with Gasteiger partial charge < -0.3 is 19.7 Å². The molecule has 7 nitrogen and oxygen atoms in total. The van der Waals surface area contributed by atoms with Crippen molar-refractivity contribution in [1.82, 2.24) is 9.47 Å². The van der Waals surface area contributed by atoms with Crippen molar-refractivity contribution in [1.29, 1.82) is 0 Å². The highest BCUT2D eigenvalue weighted by atomic mass is 32.1. The zero-order valence-corrected chi connectivity index (χ0v) is 22.7. The molecule has 1 aromatic carbocycles. The maximum atomic E-state index is 13.5. The quantitative estimate of drug-likeness (QED) is 0.521. The SMILES string of the molecule is C[C@@H]1C[C@@H](C)CN(C(=O)c2ccc(N3C[C@H]4C[C@@H](C3)c3cccc(=O)n3C4)c(NC(=O)c3cccs3)c2)C1. The Bertz CT molecular complexity index is 1410. The van der Waals surface area contributed by atoms with Crippen LogP contribution in [0.15, 0.2) is 58.7 Å². The number of hydrogen-bond donors (Lipinski definition) is 1. The van der Waals surface area contributed by atoms with E-state index in [2.05, 4.69) is 30.1 Å². The summed E-state index contributed by atoms with van der Waals surface area (Å²) in [6, 6.07) is 15.0. The van der Waals surface area contributed by atoms with Crippen LogP contribution >= 0.6 is 11.3 Å². The number of aromatic nitrogens is 1. The smallest absolute Gasteiger partial charge is 0.265 e. The molecular formula is C30H34N4O3S. The third kappa shape index (κ3) is 4.77. The van der Waals surface area contributed by atoms with Gasteiger partial charge in [0, 0.05) is 56.0 Å². The zero-order chi connectivity index (χ0) is 26.4. The molecule has 3 aromatic rings. The summed E-state index contributed by atoms with van der Waals surface area (Å²) >= 11 is 1.40. The van der Waals surface area contributed by atoms with Crippen LogP contribution in [0, 0.1) is 17.8 Å². The molecular weight excluding hydrogens is 496 g/mol. The number of likely N-dealkylation sites (tertiary alicyclic amines) is 1. The van der Waals surface area contributed by atoms with E-state index in [1.54, 1.807) is 6.07 Å². The Morgan fingerprint density at radius 2 is 1.74 bits per heavy atom. The molecule has 2 bridgehead atoms. The Balaban J connectivity index is 1.33. The van der Waals surface area contributed by atoms with Gasteiger partial charge in [0.15, 0.2) is 0 Å². The summed E-state index contributed by atoms with van der Waals surface area (Å²) in [6.07, 6.45) is 2.19. The summed E-state index contributed by atoms with van der Waals surface area (Å²) in [6.45, 7) is 8.19. The zero-order valence-electron chi connectivity index (χ0n) is 21.9. The van der Waals surface area contributed by atoms with Crippen molar-refractivity contribution in [2.75, 3.05) is 36.4 Å². The Morgan fingerprint density at radius 3 is 2.50 bits per heavy atom. The summed E-state index contributed by atoms with van der Waals surface area (Å²) in [5, 5.41) is 5.01. The van der Waals surface area contributed by atoms with Gasteiger partial charge in [-0.15, -0.1) is 11.3 Å². The van der Waals surface area contributed by atoms with Gasteiger partial charge in [-0.3, -0.25) is 14.4 Å². The van der Waals surface area contributed by atoms with E-state index in [-0.39, 0.29) is 23.3 Å². The van der Waals surface area contributed by atoms with Gasteiger partial charge in [0.05, 0.1) is 16.3 Å². The molecule has 6 rings (SSSR count). The normalized spacial score (nSPS) is 24.6. The molecule has 2 amide bonds. The molecule has 2 saturated heterocycles. The first-order valence-corrected chi connectivity index (χ1v) is 14.5. The van der Waals surface area contributed by atoms with E-state index in [1.165, 1.54) is 11.3 Å². The van der Waals surface area contributed by atoms with E-state index in [4.69, 9.17) is 0 Å². The fraction of sp³-hybridized carbons (Fsp3) is 0.433. The molecule has 8 heteroatoms. The van der Waals surface area contributed by atoms with Crippen LogP contribution in [-0.2, 0) is 6.54 Å². The van der Waals surface area contributed by atoms with Gasteiger partial charge in [-0.05, 0) is 66.3 Å². The number of carbonyl (C=O) groups is 2. The van der Waals surface area contributed by atoms with Gasteiger partial charge in [0.25, 0.3) is 17.4 Å². The minimum absolute atomic E-state index is 0.0189. The maximum absolute atomic E-state index is 13.5. The van der Waals surface area contributed by atoms with Crippen molar-refractivity contribution in [2.24, 2.45) is 17.8 Å². The van der Waals surface area contributed by atoms with E-state index in [1.807, 2.05) is 51.2 Å². The average Bonchev–Trinajstić information content (AvgIpc) is 3.44. The van der Waals surface area contributed by atoms with Crippen molar-refractivity contribution in [2.45, 2.75) is 39.2 Å². The summed E-state index contributed by atoms with van der Waals surface area (Å²) in [5.41, 5.74) is 3.35. The summed E-state index contributed by atoms with van der Waals surface area (Å²) in [5.74, 6) is 1.39. The molecule has 3 aliphatic rings. The predicted octanol–water partition coefficient (Wildman–Crippen LogP) is 4.90. The number of nitrogens with zero attached hydrogens (tertiary/aromatic N) is 3. The topological polar surface area (TPSA) is 74.7 Å². The molecule has 4 atom stereocenters. The van der Waals surface area contributed by atoms with E-state index in [9.17, 15) is 14.4 Å². The predicted molar refractivity (Wildman–Crippen MR) is 151 cm³/mol. The van der Waals surface area contributed by atoms with Crippen LogP contribution in [0.4, 0.5) is 11.4 Å². The molecule has 0 unspecified atom stereocenters. The lowest BCUT2D eigenvalue weighted by Gasteiger charge is -2.44. The minimum atomic E-state index is -0.167. The summed E-state index contributed by atoms with van der Waals surface area (Å²) in [7, 11) is 0. The molecule has 0 saturated carbocycles. The lowest BCUT2D eigenvalue weighted by atomic mass is 9.83. The number of piperidine rings is 2. The maximum Gasteiger partial charge on any atom is 0.265 e. The standard InChI is InChI=1S/C30H34N4O3S/c1-19-11-20(2)15-33(14-19)30(37)22-8-9-26(24(13-22)31-29(36)27-6-4-10-38-27)32-16-21-12-23(18-32)25-5-3-7-28(35)34(25)17-21/h3-10,13,19-21,23H,11-12,14-18H2,1-2H3,(H,31,36)/t19-,20-,21-,23+/m1/s1. The second-order valence-corrected chi connectivity index (χ2v) is 12.4. The van der Waals surface area contributed by atoms with Crippen LogP contribution < -0.4 is 15.8 Å². The number of pyridine rings is 1. The van der Waals surface area contributed by atoms with Crippen LogP contribution in [0.2, 0.25) is 0 Å². The molecule has 2 aromatic heterocycles. The highest BCUT2D eigenvalue weighted by Gasteiger charge is 2.35. The van der Waals surface area contributed by atoms with E-state index in [0.29, 0.717) is 40.4 Å². The van der Waals surface area contributed by atoms with Gasteiger partial charge in [0.1, 0.15) is 0 Å². The van der Waals surface area contributed by atoms with Crippen molar-refractivity contribution >= 4 is 34.5 Å². The van der Waals surface area contributed by atoms with Crippen LogP contribution in [0.25, 0.3) is 0 Å². The van der Waals surface area contributed by atoms with Crippen molar-refractivity contribution < 1.29 is 9.59 Å². The molecule has 0 aliphatic carbocycles. The first-order valence-electron chi connectivity index (χ1n) is 13.6. The largest absolute Gasteiger partial charge is 0.369 e. The molecule has 3 aliphatic heterocycles. The van der Waals surface area contributed by atoms with Crippen LogP contribution in [0.5, 0.6) is 0 Å². The highest BCUT2D eigenvalue weighted by molar-refractivity contribution is 7.12. The van der Waals surface area contributed by atoms with Crippen LogP contribution in [0.1, 0.15) is 58.3 Å². The van der Waals surface area contributed by atoms with Crippen LogP contribution in [0.3, 0.4) is 0 Å². The third-order valence-electron chi connectivity index (χ3n) is 8.21. The van der Waals surface area contributed by atoms with Crippen molar-refractivity contribution in [3.8, 4) is 0 Å². The van der Waals surface area contributed by atoms with E-state index in [0.717, 1.165) is 50.4 Å². The Labute approximate surface area is 227 Å². The van der Waals surface area contributed by atoms with Crippen LogP contribution in [-0.4, -0.2) is 47.5 Å². The van der Waals surface area contributed by atoms with Gasteiger partial charge in [-0.1, -0.05) is 26.0 Å². The molecule has 1 N–H and O–H groups in total. The Hall–Kier alpha value is -3.39. The monoisotopic (exact) mass is 530 g/mol. The number of nitrogens with one attached hydrogen (secondary N) is 1. The fourth-order valence-corrected chi connectivity index (χ4v) is 7.36. The fourth-order valence-electron chi connectivity index (χ4n) is 6.74. The molecule has 0 spiro atoms. The molecule has 5 heterocycles. The third-order valence-corrected chi connectivity index (χ3v) is 9.08. The van der Waals surface area contributed by atoms with E-state index >= 15 is 0 Å². The molecule has 38 heavy (non-hydrogen) atoms. The van der Waals surface area contributed by atoms with Crippen molar-refractivity contribution in [3.63, 3.8) is 0 Å². The number of benzene rings is 1. The van der Waals surface area contributed by atoms with Gasteiger partial charge in [-0.2, -0.15) is 0 Å². The highest BCUT2D eigenvalue weighted by Crippen LogP contribution is 2.39. The Morgan fingerprint density at radius 1 is 0.921 bits per heavy atom. The second kappa shape index (κ2) is 10.1.